The molecule has 0 spiro atoms. The van der Waals surface area contributed by atoms with E-state index in [1.165, 1.54) is 22.1 Å². The molecule has 0 bridgehead atoms. The number of fused-ring (bicyclic) bond motifs is 1. The first-order valence-corrected chi connectivity index (χ1v) is 14.2. The van der Waals surface area contributed by atoms with Crippen LogP contribution in [0.1, 0.15) is 75.9 Å². The quantitative estimate of drug-likeness (QED) is 0.335. The molecule has 0 saturated heterocycles. The molecule has 0 aliphatic heterocycles. The maximum atomic E-state index is 13.4. The lowest BCUT2D eigenvalue weighted by Gasteiger charge is -2.34. The number of thiophene rings is 1. The third-order valence-corrected chi connectivity index (χ3v) is 9.25. The van der Waals surface area contributed by atoms with Gasteiger partial charge in [-0.1, -0.05) is 0 Å². The predicted octanol–water partition coefficient (Wildman–Crippen LogP) is 4.78. The van der Waals surface area contributed by atoms with E-state index in [2.05, 4.69) is 25.9 Å². The summed E-state index contributed by atoms with van der Waals surface area (Å²) in [6.45, 7) is 0.170. The highest BCUT2D eigenvalue weighted by Gasteiger charge is 2.45. The smallest absolute Gasteiger partial charge is 0.282 e. The van der Waals surface area contributed by atoms with Gasteiger partial charge in [-0.15, -0.1) is 21.5 Å². The lowest BCUT2D eigenvalue weighted by atomic mass is 9.81. The second-order valence-corrected chi connectivity index (χ2v) is 12.2. The van der Waals surface area contributed by atoms with Crippen molar-refractivity contribution < 1.29 is 27.2 Å². The molecule has 3 heterocycles. The summed E-state index contributed by atoms with van der Waals surface area (Å²) < 4.78 is 56.0. The van der Waals surface area contributed by atoms with Gasteiger partial charge >= 0.3 is 0 Å². The van der Waals surface area contributed by atoms with Crippen LogP contribution in [0.2, 0.25) is 0 Å². The molecule has 6 rings (SSSR count). The molecule has 0 aromatic carbocycles. The van der Waals surface area contributed by atoms with Gasteiger partial charge in [0.1, 0.15) is 23.6 Å². The monoisotopic (exact) mass is 579 g/mol. The zero-order valence-corrected chi connectivity index (χ0v) is 22.6. The number of Topliss-reactive ketones (excluding diaryl/α,β-unsaturated/α-hetero) is 1. The summed E-state index contributed by atoms with van der Waals surface area (Å²) in [5.74, 6) is -2.37. The first-order chi connectivity index (χ1) is 19.1. The van der Waals surface area contributed by atoms with Gasteiger partial charge < -0.3 is 10.6 Å². The van der Waals surface area contributed by atoms with E-state index in [-0.39, 0.29) is 61.1 Å². The number of rotatable bonds is 10. The number of hydrogen-bond donors (Lipinski definition) is 2. The van der Waals surface area contributed by atoms with Gasteiger partial charge in [-0.05, 0) is 43.6 Å². The Morgan fingerprint density at radius 2 is 2.00 bits per heavy atom. The minimum Gasteiger partial charge on any atom is -0.352 e. The number of nitrogens with zero attached hydrogens (tertiary/aromatic N) is 5. The molecule has 9 nitrogen and oxygen atoms in total. The number of anilines is 2. The Morgan fingerprint density at radius 3 is 2.67 bits per heavy atom. The van der Waals surface area contributed by atoms with Crippen molar-refractivity contribution >= 4 is 34.8 Å². The van der Waals surface area contributed by atoms with Crippen LogP contribution in [0.5, 0.6) is 0 Å². The fraction of sp³-hybridized carbons (Fsp3) is 0.577. The summed E-state index contributed by atoms with van der Waals surface area (Å²) >= 11 is 1.49. The van der Waals surface area contributed by atoms with Crippen molar-refractivity contribution in [3.63, 3.8) is 0 Å². The molecule has 214 valence electrons. The summed E-state index contributed by atoms with van der Waals surface area (Å²) in [4.78, 5) is 27.9. The van der Waals surface area contributed by atoms with Crippen molar-refractivity contribution in [3.8, 4) is 0 Å². The second kappa shape index (κ2) is 10.3. The van der Waals surface area contributed by atoms with Crippen molar-refractivity contribution in [2.75, 3.05) is 11.9 Å². The minimum absolute atomic E-state index is 0.0586. The molecule has 3 aromatic rings. The van der Waals surface area contributed by atoms with E-state index in [9.17, 15) is 27.2 Å². The van der Waals surface area contributed by atoms with Gasteiger partial charge in [0.05, 0.1) is 5.56 Å². The van der Waals surface area contributed by atoms with E-state index in [1.807, 2.05) is 4.57 Å². The van der Waals surface area contributed by atoms with Crippen LogP contribution in [0.15, 0.2) is 12.4 Å². The number of aryl methyl sites for hydroxylation is 2. The highest BCUT2D eigenvalue weighted by Crippen LogP contribution is 2.43. The van der Waals surface area contributed by atoms with Crippen LogP contribution in [0.25, 0.3) is 0 Å². The Bertz CT molecular complexity index is 1440. The van der Waals surface area contributed by atoms with Gasteiger partial charge in [-0.2, -0.15) is 5.10 Å². The average Bonchev–Trinajstić information content (AvgIpc) is 3.38. The maximum absolute atomic E-state index is 13.4. The second-order valence-electron chi connectivity index (χ2n) is 11.0. The Hall–Kier alpha value is -3.29. The highest BCUT2D eigenvalue weighted by molar-refractivity contribution is 7.12. The molecular weight excluding hydrogens is 550 g/mol. The van der Waals surface area contributed by atoms with Crippen LogP contribution in [0.4, 0.5) is 29.3 Å². The van der Waals surface area contributed by atoms with E-state index >= 15 is 0 Å². The number of aromatic nitrogens is 5. The van der Waals surface area contributed by atoms with E-state index in [1.54, 1.807) is 13.4 Å². The van der Waals surface area contributed by atoms with Crippen LogP contribution in [0.3, 0.4) is 0 Å². The fourth-order valence-electron chi connectivity index (χ4n) is 5.64. The van der Waals surface area contributed by atoms with Crippen molar-refractivity contribution in [1.82, 2.24) is 29.9 Å². The topological polar surface area (TPSA) is 107 Å². The number of alkyl halides is 4. The Balaban J connectivity index is 1.23. The molecule has 14 heteroatoms. The highest BCUT2D eigenvalue weighted by atomic mass is 32.1. The van der Waals surface area contributed by atoms with Crippen LogP contribution < -0.4 is 10.6 Å². The number of halogens is 4. The van der Waals surface area contributed by atoms with E-state index in [0.717, 1.165) is 34.6 Å². The van der Waals surface area contributed by atoms with E-state index in [4.69, 9.17) is 0 Å². The largest absolute Gasteiger partial charge is 0.352 e. The molecule has 3 aromatic heterocycles. The first-order valence-electron chi connectivity index (χ1n) is 13.4. The molecular formula is C26H29F4N7O2S. The van der Waals surface area contributed by atoms with Crippen LogP contribution >= 0.6 is 11.3 Å². The summed E-state index contributed by atoms with van der Waals surface area (Å²) in [5, 5.41) is 17.9. The third kappa shape index (κ3) is 5.37. The summed E-state index contributed by atoms with van der Waals surface area (Å²) in [6, 6.07) is 1.12. The number of hydrogen-bond acceptors (Lipinski definition) is 7. The van der Waals surface area contributed by atoms with Gasteiger partial charge in [0, 0.05) is 60.6 Å². The Kier molecular flexibility index (Phi) is 6.91. The molecule has 1 atom stereocenters. The molecule has 2 saturated carbocycles. The maximum Gasteiger partial charge on any atom is 0.282 e. The molecule has 2 N–H and O–H groups in total. The van der Waals surface area contributed by atoms with E-state index < -0.39 is 12.3 Å². The average molecular weight is 580 g/mol. The molecule has 1 amide bonds. The predicted molar refractivity (Wildman–Crippen MR) is 138 cm³/mol. The van der Waals surface area contributed by atoms with Gasteiger partial charge in [-0.25, -0.2) is 17.6 Å². The number of amides is 1. The van der Waals surface area contributed by atoms with Crippen LogP contribution in [-0.4, -0.2) is 48.7 Å². The van der Waals surface area contributed by atoms with Gasteiger partial charge in [0.25, 0.3) is 12.3 Å². The first kappa shape index (κ1) is 26.9. The summed E-state index contributed by atoms with van der Waals surface area (Å²) in [5.41, 5.74) is 0.989. The molecule has 3 aliphatic rings. The Labute approximate surface area is 231 Å². The van der Waals surface area contributed by atoms with Crippen LogP contribution in [0, 0.1) is 11.8 Å². The van der Waals surface area contributed by atoms with Gasteiger partial charge in [-0.3, -0.25) is 18.8 Å². The number of ketones is 1. The summed E-state index contributed by atoms with van der Waals surface area (Å²) in [6.07, 6.45) is 2.22. The van der Waals surface area contributed by atoms with Gasteiger partial charge in [0.15, 0.2) is 0 Å². The SMILES string of the molecule is Cn1nc(C(F)F)cc1Nc1nncn1C1CCc2sc(CC(=O)C3CC3)c(C(=O)NCC3CC(F)(F)C3)c2C1. The number of carbonyl (C=O) groups excluding carboxylic acids is 2. The van der Waals surface area contributed by atoms with Crippen LogP contribution in [-0.2, 0) is 31.1 Å². The minimum atomic E-state index is -2.71. The lowest BCUT2D eigenvalue weighted by molar-refractivity contribution is -0.119. The zero-order valence-electron chi connectivity index (χ0n) is 21.8. The van der Waals surface area contributed by atoms with Gasteiger partial charge in [0.2, 0.25) is 11.9 Å². The number of nitrogens with one attached hydrogen (secondary N) is 2. The molecule has 40 heavy (non-hydrogen) atoms. The van der Waals surface area contributed by atoms with Crippen molar-refractivity contribution in [3.05, 3.63) is 39.0 Å². The number of carbonyl (C=O) groups is 2. The van der Waals surface area contributed by atoms with Crippen molar-refractivity contribution in [2.24, 2.45) is 18.9 Å². The summed E-state index contributed by atoms with van der Waals surface area (Å²) in [7, 11) is 1.55. The Morgan fingerprint density at radius 1 is 1.23 bits per heavy atom. The molecule has 3 aliphatic carbocycles. The van der Waals surface area contributed by atoms with Crippen molar-refractivity contribution in [1.29, 1.82) is 0 Å². The molecule has 2 fully saturated rings. The standard InChI is InChI=1S/C26H29F4N7O2S/c1-36-21(7-17(35-36)23(27)28)33-25-34-32-12-37(25)15-4-5-19-16(6-15)22(20(40-19)8-18(38)14-2-3-14)24(39)31-11-13-9-26(29,30)10-13/h7,12-15,23H,2-6,8-11H2,1H3,(H,31,39)(H,33,34). The lowest BCUT2D eigenvalue weighted by Crippen LogP contribution is -2.42. The molecule has 0 radical (unpaired) electrons. The van der Waals surface area contributed by atoms with Crippen molar-refractivity contribution in [2.45, 2.75) is 69.8 Å². The normalized spacial score (nSPS) is 20.3. The fourth-order valence-corrected chi connectivity index (χ4v) is 7.00. The van der Waals surface area contributed by atoms with E-state index in [0.29, 0.717) is 30.2 Å². The molecule has 1 unspecified atom stereocenters. The third-order valence-electron chi connectivity index (χ3n) is 7.96. The zero-order chi connectivity index (χ0) is 28.2.